The summed E-state index contributed by atoms with van der Waals surface area (Å²) in [5, 5.41) is 3.43. The number of hydrogen-bond acceptors (Lipinski definition) is 2. The van der Waals surface area contributed by atoms with E-state index in [-0.39, 0.29) is 6.04 Å². The number of benzene rings is 1. The topological polar surface area (TPSA) is 12.0 Å². The summed E-state index contributed by atoms with van der Waals surface area (Å²) in [5.41, 5.74) is 2.69. The predicted octanol–water partition coefficient (Wildman–Crippen LogP) is 5.04. The number of hydrogen-bond donors (Lipinski definition) is 1. The maximum atomic E-state index is 3.60. The zero-order chi connectivity index (χ0) is 13.3. The average molecular weight is 436 g/mol. The van der Waals surface area contributed by atoms with Gasteiger partial charge in [-0.3, -0.25) is 0 Å². The van der Waals surface area contributed by atoms with Crippen LogP contribution in [0.3, 0.4) is 0 Å². The molecule has 18 heavy (non-hydrogen) atoms. The molecule has 1 unspecified atom stereocenters. The Bertz CT molecular complexity index is 545. The summed E-state index contributed by atoms with van der Waals surface area (Å²) >= 11 is 7.88. The van der Waals surface area contributed by atoms with E-state index in [0.29, 0.717) is 0 Å². The highest BCUT2D eigenvalue weighted by Crippen LogP contribution is 2.35. The van der Waals surface area contributed by atoms with E-state index < -0.39 is 0 Å². The van der Waals surface area contributed by atoms with Gasteiger partial charge in [0.15, 0.2) is 0 Å². The smallest absolute Gasteiger partial charge is 0.0679 e. The zero-order valence-electron chi connectivity index (χ0n) is 10.6. The molecule has 2 aromatic rings. The maximum absolute atomic E-state index is 3.60. The monoisotopic (exact) mass is 435 g/mol. The minimum Gasteiger partial charge on any atom is -0.309 e. The summed E-state index contributed by atoms with van der Waals surface area (Å²) in [6.45, 7) is 4.31. The van der Waals surface area contributed by atoms with Gasteiger partial charge in [-0.2, -0.15) is 0 Å². The highest BCUT2D eigenvalue weighted by atomic mass is 127. The molecule has 96 valence electrons. The Kier molecular flexibility index (Phi) is 4.86. The third-order valence-corrected chi connectivity index (χ3v) is 6.66. The summed E-state index contributed by atoms with van der Waals surface area (Å²) < 4.78 is 2.54. The van der Waals surface area contributed by atoms with Gasteiger partial charge in [-0.05, 0) is 76.6 Å². The van der Waals surface area contributed by atoms with Gasteiger partial charge in [-0.25, -0.2) is 0 Å². The number of nitrogens with one attached hydrogen (secondary N) is 1. The Labute approximate surface area is 134 Å². The molecule has 0 saturated carbocycles. The third-order valence-electron chi connectivity index (χ3n) is 2.98. The van der Waals surface area contributed by atoms with Crippen molar-refractivity contribution in [1.82, 2.24) is 5.32 Å². The first-order chi connectivity index (χ1) is 8.54. The van der Waals surface area contributed by atoms with Crippen LogP contribution in [0.15, 0.2) is 28.7 Å². The van der Waals surface area contributed by atoms with Crippen LogP contribution in [0.1, 0.15) is 26.9 Å². The van der Waals surface area contributed by atoms with Crippen molar-refractivity contribution in [3.05, 3.63) is 53.2 Å². The van der Waals surface area contributed by atoms with Gasteiger partial charge in [-0.15, -0.1) is 11.3 Å². The van der Waals surface area contributed by atoms with Gasteiger partial charge >= 0.3 is 0 Å². The molecule has 1 aromatic carbocycles. The van der Waals surface area contributed by atoms with Crippen LogP contribution < -0.4 is 5.32 Å². The molecule has 1 atom stereocenters. The van der Waals surface area contributed by atoms with Crippen molar-refractivity contribution >= 4 is 49.9 Å². The fraction of sp³-hybridized carbons (Fsp3) is 0.286. The molecule has 1 nitrogen and oxygen atoms in total. The van der Waals surface area contributed by atoms with E-state index in [9.17, 15) is 0 Å². The molecule has 1 heterocycles. The van der Waals surface area contributed by atoms with E-state index in [2.05, 4.69) is 82.0 Å². The lowest BCUT2D eigenvalue weighted by Gasteiger charge is -2.18. The lowest BCUT2D eigenvalue weighted by atomic mass is 10.0. The van der Waals surface area contributed by atoms with E-state index in [1.165, 1.54) is 28.9 Å². The Balaban J connectivity index is 2.48. The highest BCUT2D eigenvalue weighted by Gasteiger charge is 2.18. The molecular formula is C14H15BrINS. The Morgan fingerprint density at radius 2 is 2.06 bits per heavy atom. The molecule has 0 aliphatic heterocycles. The molecule has 1 aromatic heterocycles. The maximum Gasteiger partial charge on any atom is 0.0679 e. The summed E-state index contributed by atoms with van der Waals surface area (Å²) in [6, 6.07) is 8.99. The van der Waals surface area contributed by atoms with Crippen molar-refractivity contribution in [3.63, 3.8) is 0 Å². The van der Waals surface area contributed by atoms with Gasteiger partial charge < -0.3 is 5.32 Å². The second-order valence-corrected chi connectivity index (χ2v) is 7.47. The van der Waals surface area contributed by atoms with Gasteiger partial charge in [0.1, 0.15) is 0 Å². The van der Waals surface area contributed by atoms with Crippen LogP contribution in [0.4, 0.5) is 0 Å². The Morgan fingerprint density at radius 3 is 2.61 bits per heavy atom. The number of aryl methyl sites for hydroxylation is 2. The standard InChI is InChI=1S/C14H15BrINS/c1-8-5-4-6-10(13(8)16)14(17-3)12-7-11(15)9(2)18-12/h4-7,14,17H,1-3H3. The van der Waals surface area contributed by atoms with Crippen molar-refractivity contribution in [3.8, 4) is 0 Å². The lowest BCUT2D eigenvalue weighted by molar-refractivity contribution is 0.699. The van der Waals surface area contributed by atoms with Crippen LogP contribution in [0, 0.1) is 17.4 Å². The fourth-order valence-electron chi connectivity index (χ4n) is 1.97. The van der Waals surface area contributed by atoms with Crippen LogP contribution in [0.5, 0.6) is 0 Å². The molecule has 0 aliphatic carbocycles. The molecule has 0 spiro atoms. The van der Waals surface area contributed by atoms with Crippen molar-refractivity contribution in [2.75, 3.05) is 7.05 Å². The van der Waals surface area contributed by atoms with Crippen LogP contribution in [0.2, 0.25) is 0 Å². The van der Waals surface area contributed by atoms with Gasteiger partial charge in [0.2, 0.25) is 0 Å². The normalized spacial score (nSPS) is 12.7. The summed E-state index contributed by atoms with van der Waals surface area (Å²) in [7, 11) is 2.02. The summed E-state index contributed by atoms with van der Waals surface area (Å²) in [5.74, 6) is 0. The highest BCUT2D eigenvalue weighted by molar-refractivity contribution is 14.1. The zero-order valence-corrected chi connectivity index (χ0v) is 15.1. The van der Waals surface area contributed by atoms with Gasteiger partial charge in [-0.1, -0.05) is 18.2 Å². The van der Waals surface area contributed by atoms with Crippen LogP contribution in [0.25, 0.3) is 0 Å². The molecule has 0 bridgehead atoms. The van der Waals surface area contributed by atoms with Crippen LogP contribution in [-0.2, 0) is 0 Å². The first-order valence-electron chi connectivity index (χ1n) is 5.72. The number of rotatable bonds is 3. The van der Waals surface area contributed by atoms with E-state index in [1.807, 2.05) is 18.4 Å². The molecule has 2 rings (SSSR count). The first kappa shape index (κ1) is 14.5. The quantitative estimate of drug-likeness (QED) is 0.666. The third kappa shape index (κ3) is 2.81. The Hall–Kier alpha value is 0.0900. The van der Waals surface area contributed by atoms with E-state index in [4.69, 9.17) is 0 Å². The molecule has 0 radical (unpaired) electrons. The van der Waals surface area contributed by atoms with Gasteiger partial charge in [0, 0.05) is 17.8 Å². The van der Waals surface area contributed by atoms with Crippen molar-refractivity contribution in [1.29, 1.82) is 0 Å². The summed E-state index contributed by atoms with van der Waals surface area (Å²) in [4.78, 5) is 2.68. The van der Waals surface area contributed by atoms with E-state index in [0.717, 1.165) is 0 Å². The number of thiophene rings is 1. The molecule has 0 saturated heterocycles. The fourth-order valence-corrected chi connectivity index (χ4v) is 4.33. The Morgan fingerprint density at radius 1 is 1.33 bits per heavy atom. The van der Waals surface area contributed by atoms with Gasteiger partial charge in [0.25, 0.3) is 0 Å². The molecule has 0 fully saturated rings. The SMILES string of the molecule is CNC(c1cc(Br)c(C)s1)c1cccc(C)c1I. The van der Waals surface area contributed by atoms with E-state index in [1.54, 1.807) is 0 Å². The predicted molar refractivity (Wildman–Crippen MR) is 91.6 cm³/mol. The molecule has 1 N–H and O–H groups in total. The van der Waals surface area contributed by atoms with Crippen molar-refractivity contribution < 1.29 is 0 Å². The van der Waals surface area contributed by atoms with E-state index >= 15 is 0 Å². The minimum absolute atomic E-state index is 0.270. The van der Waals surface area contributed by atoms with Crippen molar-refractivity contribution in [2.24, 2.45) is 0 Å². The lowest BCUT2D eigenvalue weighted by Crippen LogP contribution is -2.17. The number of halogens is 2. The first-order valence-corrected chi connectivity index (χ1v) is 8.41. The van der Waals surface area contributed by atoms with Crippen molar-refractivity contribution in [2.45, 2.75) is 19.9 Å². The molecule has 0 amide bonds. The largest absolute Gasteiger partial charge is 0.309 e. The molecule has 4 heteroatoms. The van der Waals surface area contributed by atoms with Gasteiger partial charge in [0.05, 0.1) is 6.04 Å². The second kappa shape index (κ2) is 6.03. The van der Waals surface area contributed by atoms with Crippen LogP contribution >= 0.6 is 49.9 Å². The average Bonchev–Trinajstić information content (AvgIpc) is 2.66. The minimum atomic E-state index is 0.270. The molecule has 0 aliphatic rings. The second-order valence-electron chi connectivity index (χ2n) is 4.25. The summed E-state index contributed by atoms with van der Waals surface area (Å²) in [6.07, 6.45) is 0. The van der Waals surface area contributed by atoms with Crippen LogP contribution in [-0.4, -0.2) is 7.05 Å². The molecular weight excluding hydrogens is 421 g/mol.